The molecule has 0 aromatic heterocycles. The number of unbranched alkanes of at least 4 members (excludes halogenated alkanes) is 18. The van der Waals surface area contributed by atoms with Gasteiger partial charge in [-0.1, -0.05) is 178 Å². The molecule has 0 saturated heterocycles. The Hall–Kier alpha value is 1.58. The molecule has 0 atom stereocenters. The predicted molar refractivity (Wildman–Crippen MR) is 210 cm³/mol. The van der Waals surface area contributed by atoms with Crippen LogP contribution in [0.15, 0.2) is 0 Å². The molecule has 2 radical (unpaired) electrons. The summed E-state index contributed by atoms with van der Waals surface area (Å²) in [6, 6.07) is 0. The average Bonchev–Trinajstić information content (AvgIpc) is 2.97. The first kappa shape index (κ1) is 66.7. The van der Waals surface area contributed by atoms with E-state index < -0.39 is 23.5 Å². The smallest absolute Gasteiger partial charge is 0.790 e. The SMILES string of the molecule is CC(C)(C)CCCCCCCCCOP(=O)([O-])[O-].CC(C)(C)CCCCCCCCCOP(=O)([O-])[O-].CC(C)(C)CCCCCCCCCOP(=O)([O-])[O-].[Ru+3].[Ru+3]. The van der Waals surface area contributed by atoms with Gasteiger partial charge in [-0.05, 0) is 54.8 Å². The molecule has 0 aliphatic carbocycles. The number of hydrogen-bond acceptors (Lipinski definition) is 12. The first-order valence-corrected chi connectivity index (χ1v) is 25.0. The molecule has 12 nitrogen and oxygen atoms in total. The molecule has 0 unspecified atom stereocenters. The van der Waals surface area contributed by atoms with Crippen LogP contribution in [0.3, 0.4) is 0 Å². The molecule has 0 saturated carbocycles. The van der Waals surface area contributed by atoms with Crippen molar-refractivity contribution in [2.24, 2.45) is 16.2 Å². The summed E-state index contributed by atoms with van der Waals surface area (Å²) in [7, 11) is -14.3. The first-order valence-electron chi connectivity index (χ1n) is 20.6. The van der Waals surface area contributed by atoms with Gasteiger partial charge in [0.05, 0.1) is 43.3 Å². The third-order valence-electron chi connectivity index (χ3n) is 8.46. The molecule has 340 valence electrons. The Morgan fingerprint density at radius 1 is 0.304 bits per heavy atom. The van der Waals surface area contributed by atoms with Crippen LogP contribution in [0.25, 0.3) is 0 Å². The van der Waals surface area contributed by atoms with Crippen LogP contribution < -0.4 is 29.4 Å². The van der Waals surface area contributed by atoms with Gasteiger partial charge in [0.15, 0.2) is 0 Å². The summed E-state index contributed by atoms with van der Waals surface area (Å²) in [6.45, 7) is 20.5. The van der Waals surface area contributed by atoms with Gasteiger partial charge in [-0.3, -0.25) is 0 Å². The van der Waals surface area contributed by atoms with Gasteiger partial charge in [-0.15, -0.1) is 0 Å². The zero-order valence-corrected chi connectivity index (χ0v) is 42.7. The van der Waals surface area contributed by atoms with E-state index in [-0.39, 0.29) is 58.8 Å². The molecule has 0 aliphatic heterocycles. The zero-order valence-electron chi connectivity index (χ0n) is 36.5. The van der Waals surface area contributed by atoms with Gasteiger partial charge in [0.1, 0.15) is 0 Å². The monoisotopic (exact) mass is 1040 g/mol. The molecule has 0 rings (SSSR count). The summed E-state index contributed by atoms with van der Waals surface area (Å²) in [4.78, 5) is 61.0. The van der Waals surface area contributed by atoms with Gasteiger partial charge in [0.2, 0.25) is 0 Å². The molecular weight excluding hydrogens is 955 g/mol. The largest absolute Gasteiger partial charge is 3.00 e. The molecule has 0 aromatic rings. The van der Waals surface area contributed by atoms with Crippen LogP contribution in [0.5, 0.6) is 0 Å². The maximum atomic E-state index is 10.2. The van der Waals surface area contributed by atoms with Gasteiger partial charge >= 0.3 is 39.0 Å². The molecule has 0 amide bonds. The van der Waals surface area contributed by atoms with Crippen LogP contribution in [0, 0.1) is 16.2 Å². The minimum absolute atomic E-state index is 0. The molecule has 0 fully saturated rings. The van der Waals surface area contributed by atoms with Crippen molar-refractivity contribution in [2.75, 3.05) is 19.8 Å². The number of phosphoric acid groups is 3. The summed E-state index contributed by atoms with van der Waals surface area (Å²) in [6.07, 6.45) is 26.7. The molecule has 0 spiro atoms. The summed E-state index contributed by atoms with van der Waals surface area (Å²) in [5.41, 5.74) is 1.30. The van der Waals surface area contributed by atoms with Crippen molar-refractivity contribution in [3.05, 3.63) is 0 Å². The van der Waals surface area contributed by atoms with Crippen LogP contribution in [0.2, 0.25) is 0 Å². The quantitative estimate of drug-likeness (QED) is 0.0374. The molecule has 0 aliphatic rings. The van der Waals surface area contributed by atoms with E-state index in [1.807, 2.05) is 0 Å². The molecule has 0 heterocycles. The maximum absolute atomic E-state index is 10.2. The second kappa shape index (κ2) is 38.3. The third-order valence-corrected chi connectivity index (χ3v) is 9.96. The number of hydrogen-bond donors (Lipinski definition) is 0. The Kier molecular flexibility index (Phi) is 45.6. The minimum atomic E-state index is -4.75. The average molecular weight is 1040 g/mol. The topological polar surface area (TPSA) is 217 Å². The van der Waals surface area contributed by atoms with E-state index in [0.29, 0.717) is 35.5 Å². The van der Waals surface area contributed by atoms with Crippen molar-refractivity contribution < 1.29 is 95.6 Å². The van der Waals surface area contributed by atoms with Gasteiger partial charge < -0.3 is 56.6 Å². The molecule has 56 heavy (non-hydrogen) atoms. The minimum Gasteiger partial charge on any atom is -0.790 e. The maximum Gasteiger partial charge on any atom is 3.00 e. The van der Waals surface area contributed by atoms with Crippen molar-refractivity contribution in [3.8, 4) is 0 Å². The summed E-state index contributed by atoms with van der Waals surface area (Å²) < 4.78 is 43.0. The molecule has 17 heteroatoms. The van der Waals surface area contributed by atoms with E-state index in [0.717, 1.165) is 38.5 Å². The van der Waals surface area contributed by atoms with Crippen molar-refractivity contribution in [1.82, 2.24) is 0 Å². The van der Waals surface area contributed by atoms with Gasteiger partial charge in [-0.2, -0.15) is 0 Å². The van der Waals surface area contributed by atoms with Crippen molar-refractivity contribution in [2.45, 2.75) is 216 Å². The summed E-state index contributed by atoms with van der Waals surface area (Å²) in [5, 5.41) is 0. The normalized spacial score (nSPS) is 12.5. The van der Waals surface area contributed by atoms with Crippen molar-refractivity contribution in [1.29, 1.82) is 0 Å². The Labute approximate surface area is 369 Å². The van der Waals surface area contributed by atoms with E-state index in [1.165, 1.54) is 96.3 Å². The zero-order chi connectivity index (χ0) is 42.2. The Balaban J connectivity index is -0.000000228. The number of phosphoric ester groups is 3. The fourth-order valence-electron chi connectivity index (χ4n) is 5.45. The number of rotatable bonds is 30. The second-order valence-electron chi connectivity index (χ2n) is 18.2. The van der Waals surface area contributed by atoms with E-state index in [9.17, 15) is 43.1 Å². The Morgan fingerprint density at radius 3 is 0.589 bits per heavy atom. The molecule has 0 N–H and O–H groups in total. The van der Waals surface area contributed by atoms with E-state index >= 15 is 0 Å². The van der Waals surface area contributed by atoms with Crippen LogP contribution in [-0.4, -0.2) is 19.8 Å². The summed E-state index contributed by atoms with van der Waals surface area (Å²) in [5.74, 6) is 0. The van der Waals surface area contributed by atoms with Crippen LogP contribution in [0.4, 0.5) is 0 Å². The molecule has 0 aromatic carbocycles. The molecular formula is C39H81O12P3Ru2. The van der Waals surface area contributed by atoms with E-state index in [1.54, 1.807) is 0 Å². The fourth-order valence-corrected chi connectivity index (χ4v) is 6.51. The van der Waals surface area contributed by atoms with Crippen molar-refractivity contribution in [3.63, 3.8) is 0 Å². The van der Waals surface area contributed by atoms with Crippen LogP contribution >= 0.6 is 23.5 Å². The van der Waals surface area contributed by atoms with Crippen molar-refractivity contribution >= 4 is 23.5 Å². The molecule has 0 bridgehead atoms. The standard InChI is InChI=1S/3C13H29O4P.2Ru/c3*1-13(2,3)11-9-7-5-4-6-8-10-12-17-18(14,15)16;;/h3*4-12H2,1-3H3,(H2,14,15,16);;/q;;;2*+3/p-6. The second-order valence-corrected chi connectivity index (χ2v) is 21.7. The first-order chi connectivity index (χ1) is 24.6. The summed E-state index contributed by atoms with van der Waals surface area (Å²) >= 11 is 0. The van der Waals surface area contributed by atoms with Gasteiger partial charge in [0, 0.05) is 0 Å². The van der Waals surface area contributed by atoms with E-state index in [2.05, 4.69) is 75.9 Å². The fraction of sp³-hybridized carbons (Fsp3) is 1.00. The van der Waals surface area contributed by atoms with Crippen LogP contribution in [0.1, 0.15) is 216 Å². The Morgan fingerprint density at radius 2 is 0.446 bits per heavy atom. The van der Waals surface area contributed by atoms with Crippen LogP contribution in [-0.2, 0) is 66.2 Å². The predicted octanol–water partition coefficient (Wildman–Crippen LogP) is 8.99. The van der Waals surface area contributed by atoms with Gasteiger partial charge in [-0.25, -0.2) is 0 Å². The third kappa shape index (κ3) is 76.3. The van der Waals surface area contributed by atoms with Gasteiger partial charge in [0.25, 0.3) is 0 Å². The Bertz CT molecular complexity index is 862. The van der Waals surface area contributed by atoms with E-state index in [4.69, 9.17) is 0 Å².